The van der Waals surface area contributed by atoms with Crippen molar-refractivity contribution in [1.82, 2.24) is 24.4 Å². The van der Waals surface area contributed by atoms with E-state index in [9.17, 15) is 4.39 Å². The SMILES string of the molecule is NCCN1CCC(n2c(CF)nc3cnc4[nH]ccc4c32)CC1. The van der Waals surface area contributed by atoms with E-state index in [2.05, 4.69) is 24.4 Å². The number of nitrogens with two attached hydrogens (primary N) is 1. The fraction of sp³-hybridized carbons (Fsp3) is 0.500. The van der Waals surface area contributed by atoms with Crippen molar-refractivity contribution in [1.29, 1.82) is 0 Å². The van der Waals surface area contributed by atoms with Gasteiger partial charge in [-0.3, -0.25) is 0 Å². The molecule has 1 aliphatic rings. The summed E-state index contributed by atoms with van der Waals surface area (Å²) in [5.74, 6) is 0.507. The van der Waals surface area contributed by atoms with E-state index >= 15 is 0 Å². The molecule has 0 bridgehead atoms. The number of alkyl halides is 1. The molecule has 0 aromatic carbocycles. The number of pyridine rings is 1. The average Bonchev–Trinajstić information content (AvgIpc) is 3.19. The first-order chi connectivity index (χ1) is 11.3. The Hall–Kier alpha value is -1.99. The third-order valence-corrected chi connectivity index (χ3v) is 4.79. The number of likely N-dealkylation sites (tertiary alicyclic amines) is 1. The Morgan fingerprint density at radius 1 is 1.35 bits per heavy atom. The van der Waals surface area contributed by atoms with E-state index in [1.807, 2.05) is 12.3 Å². The highest BCUT2D eigenvalue weighted by Crippen LogP contribution is 2.32. The van der Waals surface area contributed by atoms with Gasteiger partial charge < -0.3 is 20.2 Å². The third-order valence-electron chi connectivity index (χ3n) is 4.79. The van der Waals surface area contributed by atoms with Crippen molar-refractivity contribution in [3.8, 4) is 0 Å². The number of aromatic nitrogens is 4. The van der Waals surface area contributed by atoms with Crippen molar-refractivity contribution >= 4 is 22.1 Å². The van der Waals surface area contributed by atoms with Crippen molar-refractivity contribution in [3.05, 3.63) is 24.3 Å². The molecule has 4 rings (SSSR count). The van der Waals surface area contributed by atoms with Crippen molar-refractivity contribution in [2.45, 2.75) is 25.6 Å². The second-order valence-electron chi connectivity index (χ2n) is 6.13. The summed E-state index contributed by atoms with van der Waals surface area (Å²) in [5.41, 5.74) is 8.24. The second-order valence-corrected chi connectivity index (χ2v) is 6.13. The lowest BCUT2D eigenvalue weighted by atomic mass is 10.0. The van der Waals surface area contributed by atoms with Crippen molar-refractivity contribution in [3.63, 3.8) is 0 Å². The molecule has 1 saturated heterocycles. The molecule has 3 aromatic rings. The molecule has 7 heteroatoms. The summed E-state index contributed by atoms with van der Waals surface area (Å²) in [5, 5.41) is 1.01. The number of H-pyrrole nitrogens is 1. The lowest BCUT2D eigenvalue weighted by Crippen LogP contribution is -2.37. The molecule has 3 N–H and O–H groups in total. The number of aromatic amines is 1. The topological polar surface area (TPSA) is 75.8 Å². The summed E-state index contributed by atoms with van der Waals surface area (Å²) >= 11 is 0. The Morgan fingerprint density at radius 2 is 2.17 bits per heavy atom. The van der Waals surface area contributed by atoms with Crippen LogP contribution in [0.25, 0.3) is 22.1 Å². The molecular weight excluding hydrogens is 295 g/mol. The molecule has 0 unspecified atom stereocenters. The molecule has 1 aliphatic heterocycles. The number of imidazole rings is 1. The molecule has 1 fully saturated rings. The highest BCUT2D eigenvalue weighted by atomic mass is 19.1. The minimum atomic E-state index is -0.552. The Bertz CT molecular complexity index is 815. The highest BCUT2D eigenvalue weighted by Gasteiger charge is 2.25. The van der Waals surface area contributed by atoms with E-state index in [-0.39, 0.29) is 6.04 Å². The van der Waals surface area contributed by atoms with Gasteiger partial charge in [0.2, 0.25) is 0 Å². The average molecular weight is 316 g/mol. The zero-order valence-corrected chi connectivity index (χ0v) is 13.0. The molecule has 3 aromatic heterocycles. The number of rotatable bonds is 4. The van der Waals surface area contributed by atoms with Crippen LogP contribution in [0.3, 0.4) is 0 Å². The van der Waals surface area contributed by atoms with Crippen molar-refractivity contribution in [2.75, 3.05) is 26.2 Å². The fourth-order valence-corrected chi connectivity index (χ4v) is 3.71. The van der Waals surface area contributed by atoms with Gasteiger partial charge in [0, 0.05) is 43.8 Å². The van der Waals surface area contributed by atoms with E-state index in [1.165, 1.54) is 0 Å². The summed E-state index contributed by atoms with van der Waals surface area (Å²) < 4.78 is 15.7. The molecule has 4 heterocycles. The quantitative estimate of drug-likeness (QED) is 0.772. The predicted molar refractivity (Wildman–Crippen MR) is 88.0 cm³/mol. The number of hydrogen-bond acceptors (Lipinski definition) is 4. The summed E-state index contributed by atoms with van der Waals surface area (Å²) in [6, 6.07) is 2.27. The van der Waals surface area contributed by atoms with Crippen LogP contribution in [0.5, 0.6) is 0 Å². The minimum absolute atomic E-state index is 0.278. The zero-order valence-electron chi connectivity index (χ0n) is 13.0. The van der Waals surface area contributed by atoms with Gasteiger partial charge >= 0.3 is 0 Å². The smallest absolute Gasteiger partial charge is 0.147 e. The van der Waals surface area contributed by atoms with Gasteiger partial charge in [-0.2, -0.15) is 0 Å². The summed E-state index contributed by atoms with van der Waals surface area (Å²) in [7, 11) is 0. The molecule has 0 spiro atoms. The largest absolute Gasteiger partial charge is 0.346 e. The van der Waals surface area contributed by atoms with Crippen LogP contribution in [-0.2, 0) is 6.67 Å². The summed E-state index contributed by atoms with van der Waals surface area (Å²) in [6.45, 7) is 3.05. The van der Waals surface area contributed by atoms with Crippen LogP contribution in [0.1, 0.15) is 24.7 Å². The normalized spacial score (nSPS) is 17.5. The molecule has 0 aliphatic carbocycles. The molecule has 0 radical (unpaired) electrons. The first-order valence-electron chi connectivity index (χ1n) is 8.13. The summed E-state index contributed by atoms with van der Waals surface area (Å²) in [4.78, 5) is 14.3. The maximum absolute atomic E-state index is 13.6. The molecule has 0 amide bonds. The number of nitrogens with zero attached hydrogens (tertiary/aromatic N) is 4. The Balaban J connectivity index is 1.77. The van der Waals surface area contributed by atoms with Gasteiger partial charge in [0.15, 0.2) is 0 Å². The van der Waals surface area contributed by atoms with E-state index in [0.717, 1.165) is 54.5 Å². The van der Waals surface area contributed by atoms with Crippen LogP contribution in [0.2, 0.25) is 0 Å². The molecular formula is C16H21FN6. The van der Waals surface area contributed by atoms with E-state index in [0.29, 0.717) is 12.4 Å². The molecule has 0 saturated carbocycles. The van der Waals surface area contributed by atoms with Gasteiger partial charge in [0.25, 0.3) is 0 Å². The number of hydrogen-bond donors (Lipinski definition) is 2. The standard InChI is InChI=1S/C16H21FN6/c17-9-14-21-13-10-20-16-12(1-5-19-16)15(13)23(14)11-2-6-22(7-3-11)8-4-18/h1,5,10-11H,2-4,6-9,18H2,(H,19,20). The van der Waals surface area contributed by atoms with E-state index < -0.39 is 6.67 Å². The lowest BCUT2D eigenvalue weighted by molar-refractivity contribution is 0.190. The van der Waals surface area contributed by atoms with Crippen LogP contribution in [0, 0.1) is 0 Å². The Kier molecular flexibility index (Phi) is 3.74. The van der Waals surface area contributed by atoms with Crippen molar-refractivity contribution in [2.24, 2.45) is 5.73 Å². The van der Waals surface area contributed by atoms with Crippen LogP contribution >= 0.6 is 0 Å². The number of halogens is 1. The maximum atomic E-state index is 13.6. The van der Waals surface area contributed by atoms with Gasteiger partial charge in [-0.05, 0) is 18.9 Å². The van der Waals surface area contributed by atoms with E-state index in [4.69, 9.17) is 5.73 Å². The zero-order chi connectivity index (χ0) is 15.8. The van der Waals surface area contributed by atoms with Gasteiger partial charge in [-0.25, -0.2) is 14.4 Å². The van der Waals surface area contributed by atoms with Crippen LogP contribution < -0.4 is 5.73 Å². The highest BCUT2D eigenvalue weighted by molar-refractivity contribution is 6.01. The maximum Gasteiger partial charge on any atom is 0.147 e. The first-order valence-corrected chi connectivity index (χ1v) is 8.13. The third kappa shape index (κ3) is 2.40. The van der Waals surface area contributed by atoms with Crippen LogP contribution in [0.4, 0.5) is 4.39 Å². The molecule has 23 heavy (non-hydrogen) atoms. The fourth-order valence-electron chi connectivity index (χ4n) is 3.71. The summed E-state index contributed by atoms with van der Waals surface area (Å²) in [6.07, 6.45) is 5.58. The molecule has 122 valence electrons. The number of fused-ring (bicyclic) bond motifs is 3. The van der Waals surface area contributed by atoms with Crippen LogP contribution in [0.15, 0.2) is 18.5 Å². The van der Waals surface area contributed by atoms with E-state index in [1.54, 1.807) is 6.20 Å². The number of nitrogens with one attached hydrogen (secondary N) is 1. The van der Waals surface area contributed by atoms with Crippen LogP contribution in [-0.4, -0.2) is 50.6 Å². The van der Waals surface area contributed by atoms with Gasteiger partial charge in [-0.15, -0.1) is 0 Å². The van der Waals surface area contributed by atoms with Crippen molar-refractivity contribution < 1.29 is 4.39 Å². The minimum Gasteiger partial charge on any atom is -0.346 e. The monoisotopic (exact) mass is 316 g/mol. The number of piperidine rings is 1. The Labute approximate surface area is 133 Å². The lowest BCUT2D eigenvalue weighted by Gasteiger charge is -2.33. The van der Waals surface area contributed by atoms with Gasteiger partial charge in [0.05, 0.1) is 11.7 Å². The molecule has 0 atom stereocenters. The van der Waals surface area contributed by atoms with Gasteiger partial charge in [-0.1, -0.05) is 0 Å². The van der Waals surface area contributed by atoms with Gasteiger partial charge in [0.1, 0.15) is 23.7 Å². The molecule has 6 nitrogen and oxygen atoms in total. The Morgan fingerprint density at radius 3 is 2.91 bits per heavy atom. The second kappa shape index (κ2) is 5.90. The predicted octanol–water partition coefficient (Wildman–Crippen LogP) is 1.98. The first kappa shape index (κ1) is 14.6.